The van der Waals surface area contributed by atoms with Crippen LogP contribution in [0.4, 0.5) is 0 Å². The van der Waals surface area contributed by atoms with E-state index in [2.05, 4.69) is 6.92 Å². The Labute approximate surface area is 169 Å². The molecule has 0 aliphatic carbocycles. The van der Waals surface area contributed by atoms with Gasteiger partial charge in [0.2, 0.25) is 5.78 Å². The highest BCUT2D eigenvalue weighted by molar-refractivity contribution is 6.15. The summed E-state index contributed by atoms with van der Waals surface area (Å²) in [5.41, 5.74) is 1.56. The van der Waals surface area contributed by atoms with E-state index in [1.54, 1.807) is 31.4 Å². The number of Topliss-reactive ketones (excluding diaryl/α,β-unsaturated/α-hetero) is 1. The van der Waals surface area contributed by atoms with Crippen LogP contribution in [0.15, 0.2) is 36.1 Å². The van der Waals surface area contributed by atoms with Gasteiger partial charge in [-0.3, -0.25) is 4.79 Å². The summed E-state index contributed by atoms with van der Waals surface area (Å²) >= 11 is 0. The molecule has 2 aromatic carbocycles. The summed E-state index contributed by atoms with van der Waals surface area (Å²) in [5, 5.41) is 12.5. The van der Waals surface area contributed by atoms with Gasteiger partial charge in [-0.05, 0) is 25.1 Å². The molecule has 7 nitrogen and oxygen atoms in total. The van der Waals surface area contributed by atoms with Gasteiger partial charge in [-0.15, -0.1) is 0 Å². The highest BCUT2D eigenvalue weighted by atomic mass is 16.5. The van der Waals surface area contributed by atoms with E-state index in [-0.39, 0.29) is 23.3 Å². The van der Waals surface area contributed by atoms with Gasteiger partial charge in [0.05, 0.1) is 19.8 Å². The summed E-state index contributed by atoms with van der Waals surface area (Å²) in [7, 11) is 3.09. The fourth-order valence-corrected chi connectivity index (χ4v) is 3.70. The number of rotatable bonds is 5. The topological polar surface area (TPSA) is 81.5 Å². The minimum atomic E-state index is -0.258. The van der Waals surface area contributed by atoms with E-state index in [0.29, 0.717) is 53.8 Å². The zero-order valence-corrected chi connectivity index (χ0v) is 16.6. The zero-order valence-electron chi connectivity index (χ0n) is 16.6. The molecule has 0 amide bonds. The number of quaternary nitrogens is 1. The standard InChI is InChI=1S/C22H23NO6/c1-13-11-28-12-23(13)10-16-17(24)8-7-15-20(25)19(29-22(15)16)9-14-5-4-6-18(26-2)21(14)27-3/h4-9,13,24H,10-12H2,1-3H3. The molecule has 152 valence electrons. The smallest absolute Gasteiger partial charge is 0.231 e. The molecular weight excluding hydrogens is 374 g/mol. The molecule has 0 saturated carbocycles. The maximum Gasteiger partial charge on any atom is 0.231 e. The van der Waals surface area contributed by atoms with Gasteiger partial charge in [0, 0.05) is 11.1 Å². The third-order valence-electron chi connectivity index (χ3n) is 5.37. The molecule has 2 unspecified atom stereocenters. The van der Waals surface area contributed by atoms with Crippen molar-refractivity contribution in [1.82, 2.24) is 0 Å². The molecule has 2 aromatic rings. The van der Waals surface area contributed by atoms with Crippen molar-refractivity contribution in [3.8, 4) is 23.0 Å². The third-order valence-corrected chi connectivity index (χ3v) is 5.37. The molecular formula is C22H23NO6. The molecule has 29 heavy (non-hydrogen) atoms. The molecule has 2 aliphatic heterocycles. The Hall–Kier alpha value is -3.03. The van der Waals surface area contributed by atoms with Crippen molar-refractivity contribution in [2.24, 2.45) is 0 Å². The van der Waals surface area contributed by atoms with Gasteiger partial charge in [0.1, 0.15) is 24.9 Å². The first kappa shape index (κ1) is 19.3. The number of ether oxygens (including phenoxy) is 4. The summed E-state index contributed by atoms with van der Waals surface area (Å²) in [6.45, 7) is 3.70. The average Bonchev–Trinajstić information content (AvgIpc) is 3.27. The SMILES string of the molecule is COc1cccc(C=C2Oc3c(ccc([O-])c3C[NH+]3COCC3C)C2=O)c1OC. The van der Waals surface area contributed by atoms with Crippen molar-refractivity contribution in [3.63, 3.8) is 0 Å². The quantitative estimate of drug-likeness (QED) is 0.763. The summed E-state index contributed by atoms with van der Waals surface area (Å²) in [4.78, 5) is 14.1. The molecule has 0 bridgehead atoms. The Morgan fingerprint density at radius 3 is 2.76 bits per heavy atom. The normalized spacial score (nSPS) is 21.9. The van der Waals surface area contributed by atoms with E-state index in [4.69, 9.17) is 18.9 Å². The van der Waals surface area contributed by atoms with Gasteiger partial charge < -0.3 is 29.0 Å². The first-order chi connectivity index (χ1) is 14.0. The van der Waals surface area contributed by atoms with Crippen molar-refractivity contribution in [1.29, 1.82) is 0 Å². The first-order valence-corrected chi connectivity index (χ1v) is 9.44. The first-order valence-electron chi connectivity index (χ1n) is 9.44. The fourth-order valence-electron chi connectivity index (χ4n) is 3.70. The van der Waals surface area contributed by atoms with E-state index in [0.717, 1.165) is 4.90 Å². The van der Waals surface area contributed by atoms with Crippen molar-refractivity contribution in [2.45, 2.75) is 19.5 Å². The number of ketones is 1. The van der Waals surface area contributed by atoms with E-state index in [9.17, 15) is 9.90 Å². The van der Waals surface area contributed by atoms with Crippen LogP contribution in [-0.4, -0.2) is 39.4 Å². The molecule has 2 aliphatic rings. The summed E-state index contributed by atoms with van der Waals surface area (Å²) in [6, 6.07) is 8.63. The van der Waals surface area contributed by atoms with Crippen LogP contribution in [-0.2, 0) is 11.3 Å². The predicted molar refractivity (Wildman–Crippen MR) is 103 cm³/mol. The Morgan fingerprint density at radius 2 is 2.07 bits per heavy atom. The van der Waals surface area contributed by atoms with Crippen molar-refractivity contribution in [3.05, 3.63) is 52.8 Å². The summed E-state index contributed by atoms with van der Waals surface area (Å²) in [6.07, 6.45) is 1.62. The van der Waals surface area contributed by atoms with Crippen molar-refractivity contribution < 1.29 is 33.7 Å². The Kier molecular flexibility index (Phi) is 5.17. The van der Waals surface area contributed by atoms with Gasteiger partial charge in [0.25, 0.3) is 0 Å². The van der Waals surface area contributed by atoms with Crippen LogP contribution in [0.1, 0.15) is 28.4 Å². The van der Waals surface area contributed by atoms with Crippen LogP contribution in [0.5, 0.6) is 23.0 Å². The fraction of sp³-hybridized carbons (Fsp3) is 0.318. The van der Waals surface area contributed by atoms with Crippen molar-refractivity contribution >= 4 is 11.9 Å². The number of benzene rings is 2. The summed E-state index contributed by atoms with van der Waals surface area (Å²) in [5.74, 6) is 1.17. The Bertz CT molecular complexity index is 984. The van der Waals surface area contributed by atoms with E-state index >= 15 is 0 Å². The van der Waals surface area contributed by atoms with Gasteiger partial charge in [-0.1, -0.05) is 23.9 Å². The van der Waals surface area contributed by atoms with Gasteiger partial charge in [-0.25, -0.2) is 0 Å². The second-order valence-corrected chi connectivity index (χ2v) is 7.19. The number of allylic oxidation sites excluding steroid dienone is 1. The lowest BCUT2D eigenvalue weighted by atomic mass is 10.0. The van der Waals surface area contributed by atoms with Crippen molar-refractivity contribution in [2.75, 3.05) is 27.6 Å². The van der Waals surface area contributed by atoms with Crippen LogP contribution in [0.2, 0.25) is 0 Å². The number of hydrogen-bond donors (Lipinski definition) is 1. The molecule has 0 radical (unpaired) electrons. The average molecular weight is 397 g/mol. The molecule has 1 N–H and O–H groups in total. The highest BCUT2D eigenvalue weighted by Gasteiger charge is 2.33. The predicted octanol–water partition coefficient (Wildman–Crippen LogP) is 1.15. The largest absolute Gasteiger partial charge is 0.872 e. The third kappa shape index (κ3) is 3.43. The molecule has 0 aromatic heterocycles. The number of para-hydroxylation sites is 1. The number of fused-ring (bicyclic) bond motifs is 1. The molecule has 2 atom stereocenters. The summed E-state index contributed by atoms with van der Waals surface area (Å²) < 4.78 is 22.1. The highest BCUT2D eigenvalue weighted by Crippen LogP contribution is 2.40. The van der Waals surface area contributed by atoms with Crippen LogP contribution in [0.3, 0.4) is 0 Å². The van der Waals surface area contributed by atoms with Gasteiger partial charge >= 0.3 is 0 Å². The number of methoxy groups -OCH3 is 2. The molecule has 1 fully saturated rings. The maximum absolute atomic E-state index is 12.9. The van der Waals surface area contributed by atoms with Crippen LogP contribution < -0.4 is 24.2 Å². The van der Waals surface area contributed by atoms with Crippen LogP contribution in [0.25, 0.3) is 6.08 Å². The molecule has 0 spiro atoms. The number of hydrogen-bond acceptors (Lipinski definition) is 6. The molecule has 7 heteroatoms. The van der Waals surface area contributed by atoms with E-state index in [1.165, 1.54) is 19.2 Å². The zero-order chi connectivity index (χ0) is 20.5. The van der Waals surface area contributed by atoms with Crippen LogP contribution in [0, 0.1) is 0 Å². The second kappa shape index (κ2) is 7.77. The lowest BCUT2D eigenvalue weighted by molar-refractivity contribution is -0.931. The monoisotopic (exact) mass is 397 g/mol. The minimum Gasteiger partial charge on any atom is -0.872 e. The number of nitrogens with one attached hydrogen (secondary N) is 1. The van der Waals surface area contributed by atoms with E-state index in [1.807, 2.05) is 0 Å². The second-order valence-electron chi connectivity index (χ2n) is 7.19. The van der Waals surface area contributed by atoms with E-state index < -0.39 is 0 Å². The minimum absolute atomic E-state index is 0.136. The molecule has 4 rings (SSSR count). The number of carbonyl (C=O) groups excluding carboxylic acids is 1. The lowest BCUT2D eigenvalue weighted by Gasteiger charge is -2.21. The lowest BCUT2D eigenvalue weighted by Crippen LogP contribution is -3.12. The Morgan fingerprint density at radius 1 is 1.24 bits per heavy atom. The van der Waals surface area contributed by atoms with Gasteiger partial charge in [0.15, 0.2) is 24.0 Å². The molecule has 1 saturated heterocycles. The maximum atomic E-state index is 12.9. The van der Waals surface area contributed by atoms with Crippen LogP contribution >= 0.6 is 0 Å². The number of carbonyl (C=O) groups is 1. The molecule has 2 heterocycles. The van der Waals surface area contributed by atoms with Gasteiger partial charge in [-0.2, -0.15) is 0 Å². The Balaban J connectivity index is 1.70.